The normalized spacial score (nSPS) is 11.6. The summed E-state index contributed by atoms with van der Waals surface area (Å²) in [6.45, 7) is 2.42. The summed E-state index contributed by atoms with van der Waals surface area (Å²) in [5.41, 5.74) is 2.72. The van der Waals surface area contributed by atoms with Gasteiger partial charge in [-0.2, -0.15) is 0 Å². The molecule has 7 heteroatoms. The number of fused-ring (bicyclic) bond motifs is 3. The van der Waals surface area contributed by atoms with Gasteiger partial charge in [-0.1, -0.05) is 12.1 Å². The van der Waals surface area contributed by atoms with Crippen molar-refractivity contribution in [3.63, 3.8) is 0 Å². The molecule has 0 aliphatic heterocycles. The third kappa shape index (κ3) is 4.63. The third-order valence-electron chi connectivity index (χ3n) is 5.09. The summed E-state index contributed by atoms with van der Waals surface area (Å²) in [5, 5.41) is 0.781. The molecule has 3 rings (SSSR count). The van der Waals surface area contributed by atoms with E-state index in [0.29, 0.717) is 30.8 Å². The summed E-state index contributed by atoms with van der Waals surface area (Å²) in [6.07, 6.45) is 1.90. The summed E-state index contributed by atoms with van der Waals surface area (Å²) in [4.78, 5) is 31.5. The van der Waals surface area contributed by atoms with Crippen LogP contribution in [0, 0.1) is 0 Å². The van der Waals surface area contributed by atoms with Gasteiger partial charge in [-0.15, -0.1) is 0 Å². The van der Waals surface area contributed by atoms with E-state index >= 15 is 0 Å². The van der Waals surface area contributed by atoms with E-state index in [9.17, 15) is 9.59 Å². The van der Waals surface area contributed by atoms with E-state index in [-0.39, 0.29) is 11.9 Å². The fourth-order valence-corrected chi connectivity index (χ4v) is 3.35. The molecular formula is C23H30N4O3. The molecule has 0 N–H and O–H groups in total. The molecule has 0 aliphatic carbocycles. The maximum atomic E-state index is 12.9. The number of hydrogen-bond donors (Lipinski definition) is 0. The van der Waals surface area contributed by atoms with Gasteiger partial charge in [-0.25, -0.2) is 4.79 Å². The SMILES string of the molecule is CN(C)CCOC(=O)c1c2ccc(C(=O)N(C)CCN(C)C)cc2n2ccccc12. The average Bonchev–Trinajstić information content (AvgIpc) is 3.04. The quantitative estimate of drug-likeness (QED) is 0.534. The van der Waals surface area contributed by atoms with Crippen LogP contribution >= 0.6 is 0 Å². The van der Waals surface area contributed by atoms with Gasteiger partial charge in [-0.05, 0) is 52.5 Å². The van der Waals surface area contributed by atoms with Crippen molar-refractivity contribution in [1.82, 2.24) is 19.1 Å². The highest BCUT2D eigenvalue weighted by Crippen LogP contribution is 2.28. The van der Waals surface area contributed by atoms with Crippen LogP contribution in [0.5, 0.6) is 0 Å². The number of pyridine rings is 1. The van der Waals surface area contributed by atoms with Crippen LogP contribution in [-0.2, 0) is 4.74 Å². The van der Waals surface area contributed by atoms with Crippen LogP contribution in [0.3, 0.4) is 0 Å². The molecule has 0 fully saturated rings. The molecular weight excluding hydrogens is 380 g/mol. The van der Waals surface area contributed by atoms with Gasteiger partial charge in [0, 0.05) is 43.8 Å². The first kappa shape index (κ1) is 21.8. The van der Waals surface area contributed by atoms with Crippen molar-refractivity contribution in [1.29, 1.82) is 0 Å². The van der Waals surface area contributed by atoms with Crippen LogP contribution in [0.2, 0.25) is 0 Å². The second-order valence-electron chi connectivity index (χ2n) is 8.03. The van der Waals surface area contributed by atoms with E-state index < -0.39 is 0 Å². The van der Waals surface area contributed by atoms with Crippen LogP contribution in [0.4, 0.5) is 0 Å². The number of carbonyl (C=O) groups excluding carboxylic acids is 2. The number of ether oxygens (including phenoxy) is 1. The molecule has 3 aromatic rings. The van der Waals surface area contributed by atoms with Crippen molar-refractivity contribution >= 4 is 28.3 Å². The Morgan fingerprint density at radius 2 is 1.63 bits per heavy atom. The third-order valence-corrected chi connectivity index (χ3v) is 5.09. The van der Waals surface area contributed by atoms with Gasteiger partial charge in [0.15, 0.2) is 0 Å². The molecule has 0 spiro atoms. The van der Waals surface area contributed by atoms with Gasteiger partial charge in [0.1, 0.15) is 6.61 Å². The van der Waals surface area contributed by atoms with Crippen molar-refractivity contribution in [2.75, 3.05) is 61.5 Å². The number of aromatic nitrogens is 1. The van der Waals surface area contributed by atoms with Crippen molar-refractivity contribution in [3.05, 3.63) is 53.7 Å². The minimum atomic E-state index is -0.349. The molecule has 0 radical (unpaired) electrons. The number of carbonyl (C=O) groups is 2. The number of likely N-dealkylation sites (N-methyl/N-ethyl adjacent to an activating group) is 3. The lowest BCUT2D eigenvalue weighted by Crippen LogP contribution is -2.33. The standard InChI is InChI=1S/C23H30N4O3/c1-24(2)12-13-26(5)22(28)17-9-10-18-20(16-17)27-11-7-6-8-19(27)21(18)23(29)30-15-14-25(3)4/h6-11,16H,12-15H2,1-5H3. The Morgan fingerprint density at radius 3 is 2.33 bits per heavy atom. The lowest BCUT2D eigenvalue weighted by Gasteiger charge is -2.19. The zero-order valence-electron chi connectivity index (χ0n) is 18.4. The molecule has 0 aliphatic rings. The predicted octanol–water partition coefficient (Wildman–Crippen LogP) is 2.44. The average molecular weight is 411 g/mol. The Bertz CT molecular complexity index is 1060. The zero-order valence-corrected chi connectivity index (χ0v) is 18.4. The van der Waals surface area contributed by atoms with Gasteiger partial charge in [-0.3, -0.25) is 4.79 Å². The largest absolute Gasteiger partial charge is 0.461 e. The Balaban J connectivity index is 1.97. The fraction of sp³-hybridized carbons (Fsp3) is 0.391. The molecule has 30 heavy (non-hydrogen) atoms. The van der Waals surface area contributed by atoms with E-state index in [1.54, 1.807) is 18.0 Å². The first-order valence-corrected chi connectivity index (χ1v) is 10.0. The van der Waals surface area contributed by atoms with Crippen molar-refractivity contribution < 1.29 is 14.3 Å². The minimum absolute atomic E-state index is 0.0419. The summed E-state index contributed by atoms with van der Waals surface area (Å²) in [5.74, 6) is -0.391. The fourth-order valence-electron chi connectivity index (χ4n) is 3.35. The molecule has 1 aromatic carbocycles. The molecule has 2 aromatic heterocycles. The molecule has 7 nitrogen and oxygen atoms in total. The van der Waals surface area contributed by atoms with Crippen LogP contribution in [0.15, 0.2) is 42.6 Å². The van der Waals surface area contributed by atoms with Crippen LogP contribution in [0.1, 0.15) is 20.7 Å². The first-order chi connectivity index (χ1) is 14.3. The van der Waals surface area contributed by atoms with E-state index in [2.05, 4.69) is 0 Å². The summed E-state index contributed by atoms with van der Waals surface area (Å²) in [6, 6.07) is 11.2. The van der Waals surface area contributed by atoms with E-state index in [0.717, 1.165) is 23.0 Å². The molecule has 0 bridgehead atoms. The van der Waals surface area contributed by atoms with E-state index in [1.807, 2.05) is 78.9 Å². The van der Waals surface area contributed by atoms with Gasteiger partial charge in [0.2, 0.25) is 0 Å². The Morgan fingerprint density at radius 1 is 0.900 bits per heavy atom. The Kier molecular flexibility index (Phi) is 6.74. The van der Waals surface area contributed by atoms with Gasteiger partial charge >= 0.3 is 5.97 Å². The monoisotopic (exact) mass is 410 g/mol. The van der Waals surface area contributed by atoms with Crippen molar-refractivity contribution in [3.8, 4) is 0 Å². The molecule has 1 amide bonds. The molecule has 0 saturated carbocycles. The zero-order chi connectivity index (χ0) is 21.8. The minimum Gasteiger partial charge on any atom is -0.461 e. The van der Waals surface area contributed by atoms with Gasteiger partial charge < -0.3 is 23.8 Å². The van der Waals surface area contributed by atoms with Crippen LogP contribution in [-0.4, -0.2) is 92.5 Å². The molecule has 0 saturated heterocycles. The lowest BCUT2D eigenvalue weighted by molar-refractivity contribution is 0.0486. The number of rotatable bonds is 8. The molecule has 160 valence electrons. The number of esters is 1. The molecule has 0 unspecified atom stereocenters. The highest BCUT2D eigenvalue weighted by molar-refractivity contribution is 6.12. The smallest absolute Gasteiger partial charge is 0.341 e. The van der Waals surface area contributed by atoms with Gasteiger partial charge in [0.25, 0.3) is 5.91 Å². The number of amides is 1. The molecule has 0 atom stereocenters. The topological polar surface area (TPSA) is 57.5 Å². The number of nitrogens with zero attached hydrogens (tertiary/aromatic N) is 4. The number of benzene rings is 1. The second-order valence-corrected chi connectivity index (χ2v) is 8.03. The van der Waals surface area contributed by atoms with Crippen LogP contribution in [0.25, 0.3) is 16.4 Å². The van der Waals surface area contributed by atoms with E-state index in [4.69, 9.17) is 4.74 Å². The summed E-state index contributed by atoms with van der Waals surface area (Å²) >= 11 is 0. The Labute approximate surface area is 177 Å². The Hall–Kier alpha value is -2.90. The van der Waals surface area contributed by atoms with Crippen molar-refractivity contribution in [2.24, 2.45) is 0 Å². The summed E-state index contributed by atoms with van der Waals surface area (Å²) < 4.78 is 7.45. The lowest BCUT2D eigenvalue weighted by atomic mass is 10.1. The summed E-state index contributed by atoms with van der Waals surface area (Å²) in [7, 11) is 9.64. The maximum absolute atomic E-state index is 12.9. The number of hydrogen-bond acceptors (Lipinski definition) is 5. The predicted molar refractivity (Wildman–Crippen MR) is 119 cm³/mol. The maximum Gasteiger partial charge on any atom is 0.341 e. The highest BCUT2D eigenvalue weighted by atomic mass is 16.5. The van der Waals surface area contributed by atoms with Crippen LogP contribution < -0.4 is 0 Å². The van der Waals surface area contributed by atoms with E-state index in [1.165, 1.54) is 0 Å². The van der Waals surface area contributed by atoms with Gasteiger partial charge in [0.05, 0.1) is 16.6 Å². The van der Waals surface area contributed by atoms with Crippen molar-refractivity contribution in [2.45, 2.75) is 0 Å². The molecule has 2 heterocycles. The highest BCUT2D eigenvalue weighted by Gasteiger charge is 2.21. The second kappa shape index (κ2) is 9.28. The first-order valence-electron chi connectivity index (χ1n) is 10.0.